The van der Waals surface area contributed by atoms with E-state index in [1.54, 1.807) is 24.3 Å². The maximum atomic E-state index is 12.8. The van der Waals surface area contributed by atoms with Crippen LogP contribution in [0.3, 0.4) is 0 Å². The predicted octanol–water partition coefficient (Wildman–Crippen LogP) is 4.17. The van der Waals surface area contributed by atoms with Crippen molar-refractivity contribution < 1.29 is 13.2 Å². The van der Waals surface area contributed by atoms with Gasteiger partial charge in [-0.25, -0.2) is 8.42 Å². The highest BCUT2D eigenvalue weighted by molar-refractivity contribution is 7.93. The van der Waals surface area contributed by atoms with E-state index in [4.69, 9.17) is 0 Å². The summed E-state index contributed by atoms with van der Waals surface area (Å²) in [6.45, 7) is 3.24. The second-order valence-corrected chi connectivity index (χ2v) is 10.7. The van der Waals surface area contributed by atoms with Gasteiger partial charge in [0.2, 0.25) is 10.0 Å². The minimum Gasteiger partial charge on any atom is -0.351 e. The first-order chi connectivity index (χ1) is 14.4. The van der Waals surface area contributed by atoms with Crippen LogP contribution in [0.15, 0.2) is 48.5 Å². The molecule has 0 aromatic heterocycles. The van der Waals surface area contributed by atoms with Crippen LogP contribution in [0, 0.1) is 6.92 Å². The van der Waals surface area contributed by atoms with Gasteiger partial charge in [0, 0.05) is 24.1 Å². The summed E-state index contributed by atoms with van der Waals surface area (Å²) in [6, 6.07) is 15.6. The SMILES string of the molecule is Cc1cccc(C2(CNC(=O)c3ccc(N4CCCS4(=O)=O)cc3)CCCCC2)c1. The molecule has 160 valence electrons. The van der Waals surface area contributed by atoms with Crippen LogP contribution in [-0.4, -0.2) is 33.2 Å². The number of rotatable bonds is 5. The highest BCUT2D eigenvalue weighted by Crippen LogP contribution is 2.39. The number of aryl methyl sites for hydroxylation is 1. The zero-order valence-electron chi connectivity index (χ0n) is 17.6. The molecule has 0 unspecified atom stereocenters. The fourth-order valence-electron chi connectivity index (χ4n) is 4.83. The van der Waals surface area contributed by atoms with Crippen LogP contribution in [-0.2, 0) is 15.4 Å². The number of nitrogens with zero attached hydrogens (tertiary/aromatic N) is 1. The fourth-order valence-corrected chi connectivity index (χ4v) is 6.40. The number of carbonyl (C=O) groups excluding carboxylic acids is 1. The van der Waals surface area contributed by atoms with Crippen molar-refractivity contribution >= 4 is 21.6 Å². The Morgan fingerprint density at radius 2 is 1.77 bits per heavy atom. The van der Waals surface area contributed by atoms with Crippen molar-refractivity contribution in [1.29, 1.82) is 0 Å². The van der Waals surface area contributed by atoms with E-state index < -0.39 is 10.0 Å². The van der Waals surface area contributed by atoms with Gasteiger partial charge in [-0.2, -0.15) is 0 Å². The Morgan fingerprint density at radius 1 is 1.03 bits per heavy atom. The molecule has 4 rings (SSSR count). The molecule has 2 fully saturated rings. The van der Waals surface area contributed by atoms with Crippen molar-refractivity contribution in [3.63, 3.8) is 0 Å². The molecule has 1 saturated carbocycles. The maximum Gasteiger partial charge on any atom is 0.251 e. The van der Waals surface area contributed by atoms with Crippen molar-refractivity contribution in [2.24, 2.45) is 0 Å². The number of carbonyl (C=O) groups is 1. The number of amides is 1. The van der Waals surface area contributed by atoms with E-state index in [1.165, 1.54) is 34.7 Å². The number of sulfonamides is 1. The summed E-state index contributed by atoms with van der Waals surface area (Å²) in [6.07, 6.45) is 6.44. The standard InChI is InChI=1S/C24H30N2O3S/c1-19-7-5-8-21(17-19)24(13-3-2-4-14-24)18-25-23(27)20-9-11-22(12-10-20)26-15-6-16-30(26,28)29/h5,7-12,17H,2-4,6,13-16,18H2,1H3,(H,25,27). The summed E-state index contributed by atoms with van der Waals surface area (Å²) < 4.78 is 25.6. The van der Waals surface area contributed by atoms with Gasteiger partial charge in [0.15, 0.2) is 0 Å². The van der Waals surface area contributed by atoms with Gasteiger partial charge in [-0.3, -0.25) is 9.10 Å². The average molecular weight is 427 g/mol. The lowest BCUT2D eigenvalue weighted by molar-refractivity contribution is 0.0936. The predicted molar refractivity (Wildman–Crippen MR) is 120 cm³/mol. The summed E-state index contributed by atoms with van der Waals surface area (Å²) >= 11 is 0. The van der Waals surface area contributed by atoms with E-state index in [1.807, 2.05) is 0 Å². The van der Waals surface area contributed by atoms with Crippen LogP contribution in [0.25, 0.3) is 0 Å². The monoisotopic (exact) mass is 426 g/mol. The largest absolute Gasteiger partial charge is 0.351 e. The summed E-state index contributed by atoms with van der Waals surface area (Å²) in [7, 11) is -3.21. The van der Waals surface area contributed by atoms with E-state index >= 15 is 0 Å². The molecule has 2 aromatic rings. The molecule has 1 aliphatic heterocycles. The van der Waals surface area contributed by atoms with Crippen LogP contribution >= 0.6 is 0 Å². The first-order valence-corrected chi connectivity index (χ1v) is 12.5. The van der Waals surface area contributed by atoms with Crippen molar-refractivity contribution in [2.75, 3.05) is 23.1 Å². The minimum absolute atomic E-state index is 0.0104. The van der Waals surface area contributed by atoms with E-state index in [-0.39, 0.29) is 17.1 Å². The molecule has 1 aliphatic carbocycles. The highest BCUT2D eigenvalue weighted by Gasteiger charge is 2.34. The lowest BCUT2D eigenvalue weighted by atomic mass is 9.69. The zero-order chi connectivity index (χ0) is 21.2. The average Bonchev–Trinajstić information content (AvgIpc) is 3.12. The van der Waals surface area contributed by atoms with E-state index in [2.05, 4.69) is 36.5 Å². The number of hydrogen-bond acceptors (Lipinski definition) is 3. The van der Waals surface area contributed by atoms with Crippen LogP contribution < -0.4 is 9.62 Å². The first kappa shape index (κ1) is 20.9. The van der Waals surface area contributed by atoms with Gasteiger partial charge in [0.25, 0.3) is 5.91 Å². The molecule has 0 radical (unpaired) electrons. The Hall–Kier alpha value is -2.34. The van der Waals surface area contributed by atoms with Gasteiger partial charge in [0.05, 0.1) is 11.4 Å². The van der Waals surface area contributed by atoms with Gasteiger partial charge in [-0.05, 0) is 56.0 Å². The molecule has 6 heteroatoms. The Morgan fingerprint density at radius 3 is 2.40 bits per heavy atom. The third kappa shape index (κ3) is 4.24. The van der Waals surface area contributed by atoms with Crippen molar-refractivity contribution in [3.8, 4) is 0 Å². The molecule has 1 saturated heterocycles. The van der Waals surface area contributed by atoms with Crippen LogP contribution in [0.1, 0.15) is 60.0 Å². The van der Waals surface area contributed by atoms with Crippen LogP contribution in [0.4, 0.5) is 5.69 Å². The molecular weight excluding hydrogens is 396 g/mol. The molecule has 0 spiro atoms. The summed E-state index contributed by atoms with van der Waals surface area (Å²) in [4.78, 5) is 12.8. The molecule has 0 atom stereocenters. The van der Waals surface area contributed by atoms with E-state index in [0.717, 1.165) is 12.8 Å². The molecule has 1 heterocycles. The number of anilines is 1. The Bertz CT molecular complexity index is 1010. The van der Waals surface area contributed by atoms with Gasteiger partial charge in [-0.1, -0.05) is 49.1 Å². The molecule has 5 nitrogen and oxygen atoms in total. The smallest absolute Gasteiger partial charge is 0.251 e. The van der Waals surface area contributed by atoms with Crippen molar-refractivity contribution in [2.45, 2.75) is 50.9 Å². The molecule has 30 heavy (non-hydrogen) atoms. The van der Waals surface area contributed by atoms with Gasteiger partial charge in [-0.15, -0.1) is 0 Å². The molecule has 0 bridgehead atoms. The van der Waals surface area contributed by atoms with Crippen LogP contribution in [0.2, 0.25) is 0 Å². The first-order valence-electron chi connectivity index (χ1n) is 10.9. The molecule has 1 amide bonds. The van der Waals surface area contributed by atoms with E-state index in [9.17, 15) is 13.2 Å². The van der Waals surface area contributed by atoms with Crippen LogP contribution in [0.5, 0.6) is 0 Å². The van der Waals surface area contributed by atoms with Crippen molar-refractivity contribution in [3.05, 3.63) is 65.2 Å². The molecule has 2 aliphatic rings. The third-order valence-electron chi connectivity index (χ3n) is 6.55. The fraction of sp³-hybridized carbons (Fsp3) is 0.458. The normalized spacial score (nSPS) is 20.1. The number of hydrogen-bond donors (Lipinski definition) is 1. The second kappa shape index (κ2) is 8.42. The summed E-state index contributed by atoms with van der Waals surface area (Å²) in [5.74, 6) is 0.0828. The van der Waals surface area contributed by atoms with Gasteiger partial charge >= 0.3 is 0 Å². The Balaban J connectivity index is 1.47. The topological polar surface area (TPSA) is 66.5 Å². The maximum absolute atomic E-state index is 12.8. The highest BCUT2D eigenvalue weighted by atomic mass is 32.2. The third-order valence-corrected chi connectivity index (χ3v) is 8.41. The number of nitrogens with one attached hydrogen (secondary N) is 1. The summed E-state index contributed by atoms with van der Waals surface area (Å²) in [5, 5.41) is 3.16. The quantitative estimate of drug-likeness (QED) is 0.780. The Kier molecular flexibility index (Phi) is 5.87. The van der Waals surface area contributed by atoms with Crippen molar-refractivity contribution in [1.82, 2.24) is 5.32 Å². The zero-order valence-corrected chi connectivity index (χ0v) is 18.4. The molecule has 1 N–H and O–H groups in total. The lowest BCUT2D eigenvalue weighted by Gasteiger charge is -2.38. The van der Waals surface area contributed by atoms with Gasteiger partial charge < -0.3 is 5.32 Å². The molecular formula is C24H30N2O3S. The summed E-state index contributed by atoms with van der Waals surface area (Å²) in [5.41, 5.74) is 3.75. The number of benzene rings is 2. The van der Waals surface area contributed by atoms with Gasteiger partial charge in [0.1, 0.15) is 0 Å². The minimum atomic E-state index is -3.21. The second-order valence-electron chi connectivity index (χ2n) is 8.68. The Labute approximate surface area is 179 Å². The lowest BCUT2D eigenvalue weighted by Crippen LogP contribution is -2.42. The molecule has 2 aromatic carbocycles. The van der Waals surface area contributed by atoms with E-state index in [0.29, 0.717) is 30.8 Å².